The highest BCUT2D eigenvalue weighted by Crippen LogP contribution is 2.37. The van der Waals surface area contributed by atoms with E-state index in [2.05, 4.69) is 25.7 Å². The number of benzene rings is 2. The van der Waals surface area contributed by atoms with Gasteiger partial charge in [-0.05, 0) is 68.2 Å². The predicted molar refractivity (Wildman–Crippen MR) is 161 cm³/mol. The summed E-state index contributed by atoms with van der Waals surface area (Å²) in [5.74, 6) is 0.329. The van der Waals surface area contributed by atoms with Crippen molar-refractivity contribution >= 4 is 12.0 Å². The van der Waals surface area contributed by atoms with E-state index in [4.69, 9.17) is 4.74 Å². The normalized spacial score (nSPS) is 20.2. The van der Waals surface area contributed by atoms with Crippen LogP contribution in [0.5, 0.6) is 0 Å². The lowest BCUT2D eigenvalue weighted by Gasteiger charge is -2.50. The second-order valence-electron chi connectivity index (χ2n) is 14.0. The van der Waals surface area contributed by atoms with E-state index >= 15 is 0 Å². The van der Waals surface area contributed by atoms with E-state index in [0.29, 0.717) is 39.1 Å². The first-order valence-corrected chi connectivity index (χ1v) is 15.3. The molecule has 0 bridgehead atoms. The highest BCUT2D eigenvalue weighted by atomic mass is 19.4. The number of hydrogen-bond acceptors (Lipinski definition) is 4. The number of rotatable bonds is 5. The minimum Gasteiger partial charge on any atom is -0.444 e. The minimum atomic E-state index is -4.39. The largest absolute Gasteiger partial charge is 0.444 e. The summed E-state index contributed by atoms with van der Waals surface area (Å²) in [5, 5.41) is 0. The molecule has 0 N–H and O–H groups in total. The summed E-state index contributed by atoms with van der Waals surface area (Å²) < 4.78 is 45.4. The molecular weight excluding hydrogens is 555 g/mol. The number of carbonyl (C=O) groups is 2. The van der Waals surface area contributed by atoms with Crippen molar-refractivity contribution < 1.29 is 27.5 Å². The Balaban J connectivity index is 1.47. The van der Waals surface area contributed by atoms with Gasteiger partial charge in [-0.2, -0.15) is 13.2 Å². The maximum Gasteiger partial charge on any atom is 0.416 e. The highest BCUT2D eigenvalue weighted by molar-refractivity contribution is 5.77. The first-order chi connectivity index (χ1) is 20.0. The summed E-state index contributed by atoms with van der Waals surface area (Å²) in [6.45, 7) is 14.9. The SMILES string of the molecule is CC(C)(C)OC(=O)N1CCC(CC(=O)N2CCN(C(c3ccccc3)c3ccc(C(F)(F)F)cc3)C[C@@H]2C(C)(C)C)CC1. The van der Waals surface area contributed by atoms with Gasteiger partial charge in [0.1, 0.15) is 5.60 Å². The molecule has 0 saturated carbocycles. The molecule has 4 rings (SSSR count). The number of amides is 2. The van der Waals surface area contributed by atoms with Crippen molar-refractivity contribution in [3.05, 3.63) is 71.3 Å². The van der Waals surface area contributed by atoms with Gasteiger partial charge in [-0.15, -0.1) is 0 Å². The number of hydrogen-bond donors (Lipinski definition) is 0. The molecule has 2 aromatic rings. The average Bonchev–Trinajstić information content (AvgIpc) is 2.92. The molecule has 2 aliphatic rings. The molecule has 2 heterocycles. The molecule has 2 aromatic carbocycles. The van der Waals surface area contributed by atoms with Gasteiger partial charge in [-0.25, -0.2) is 4.79 Å². The van der Waals surface area contributed by atoms with Gasteiger partial charge < -0.3 is 14.5 Å². The van der Waals surface area contributed by atoms with Crippen LogP contribution in [0.4, 0.5) is 18.0 Å². The van der Waals surface area contributed by atoms with Crippen molar-refractivity contribution in [2.45, 2.75) is 84.7 Å². The molecule has 43 heavy (non-hydrogen) atoms. The predicted octanol–water partition coefficient (Wildman–Crippen LogP) is 7.39. The van der Waals surface area contributed by atoms with Gasteiger partial charge in [0.2, 0.25) is 5.91 Å². The van der Waals surface area contributed by atoms with Gasteiger partial charge in [-0.3, -0.25) is 9.69 Å². The van der Waals surface area contributed by atoms with Crippen LogP contribution in [0.2, 0.25) is 0 Å². The lowest BCUT2D eigenvalue weighted by atomic mass is 9.82. The van der Waals surface area contributed by atoms with Crippen LogP contribution >= 0.6 is 0 Å². The fourth-order valence-corrected chi connectivity index (χ4v) is 6.19. The van der Waals surface area contributed by atoms with Crippen LogP contribution < -0.4 is 0 Å². The van der Waals surface area contributed by atoms with Gasteiger partial charge in [0.15, 0.2) is 0 Å². The van der Waals surface area contributed by atoms with Crippen LogP contribution in [0, 0.1) is 11.3 Å². The second kappa shape index (κ2) is 12.9. The molecule has 0 aliphatic carbocycles. The monoisotopic (exact) mass is 601 g/mol. The topological polar surface area (TPSA) is 53.1 Å². The van der Waals surface area contributed by atoms with Gasteiger partial charge in [-0.1, -0.05) is 63.2 Å². The summed E-state index contributed by atoms with van der Waals surface area (Å²) in [6, 6.07) is 15.0. The number of ether oxygens (including phenoxy) is 1. The fraction of sp³-hybridized carbons (Fsp3) is 0.588. The van der Waals surface area contributed by atoms with E-state index < -0.39 is 17.3 Å². The molecule has 0 spiro atoms. The maximum atomic E-state index is 13.8. The molecular formula is C34H46F3N3O3. The third-order valence-corrected chi connectivity index (χ3v) is 8.50. The Labute approximate surface area is 254 Å². The van der Waals surface area contributed by atoms with E-state index in [-0.39, 0.29) is 35.4 Å². The molecule has 2 aliphatic heterocycles. The lowest BCUT2D eigenvalue weighted by molar-refractivity contribution is -0.141. The maximum absolute atomic E-state index is 13.8. The molecule has 1 unspecified atom stereocenters. The molecule has 9 heteroatoms. The van der Waals surface area contributed by atoms with Crippen LogP contribution in [0.1, 0.15) is 83.5 Å². The first kappa shape index (κ1) is 32.8. The number of piperazine rings is 1. The number of alkyl halides is 3. The van der Waals surface area contributed by atoms with Crippen LogP contribution in [0.3, 0.4) is 0 Å². The zero-order valence-corrected chi connectivity index (χ0v) is 26.3. The molecule has 2 fully saturated rings. The first-order valence-electron chi connectivity index (χ1n) is 15.3. The van der Waals surface area contributed by atoms with Gasteiger partial charge in [0.25, 0.3) is 0 Å². The van der Waals surface area contributed by atoms with Gasteiger partial charge in [0, 0.05) is 45.2 Å². The van der Waals surface area contributed by atoms with Crippen molar-refractivity contribution in [3.63, 3.8) is 0 Å². The highest BCUT2D eigenvalue weighted by Gasteiger charge is 2.41. The van der Waals surface area contributed by atoms with Crippen molar-refractivity contribution in [1.29, 1.82) is 0 Å². The minimum absolute atomic E-state index is 0.0729. The van der Waals surface area contributed by atoms with E-state index in [0.717, 1.165) is 36.1 Å². The Kier molecular flexibility index (Phi) is 9.84. The lowest BCUT2D eigenvalue weighted by Crippen LogP contribution is -2.60. The zero-order chi connectivity index (χ0) is 31.6. The molecule has 0 aromatic heterocycles. The van der Waals surface area contributed by atoms with Crippen LogP contribution in [-0.2, 0) is 15.7 Å². The molecule has 236 valence electrons. The van der Waals surface area contributed by atoms with E-state index in [1.54, 1.807) is 17.0 Å². The summed E-state index contributed by atoms with van der Waals surface area (Å²) in [5.41, 5.74) is 0.383. The molecule has 6 nitrogen and oxygen atoms in total. The summed E-state index contributed by atoms with van der Waals surface area (Å²) >= 11 is 0. The van der Waals surface area contributed by atoms with Gasteiger partial charge in [0.05, 0.1) is 11.6 Å². The Bertz CT molecular complexity index is 1230. The zero-order valence-electron chi connectivity index (χ0n) is 26.3. The van der Waals surface area contributed by atoms with E-state index in [9.17, 15) is 22.8 Å². The van der Waals surface area contributed by atoms with Crippen molar-refractivity contribution in [2.75, 3.05) is 32.7 Å². The molecule has 2 saturated heterocycles. The van der Waals surface area contributed by atoms with Crippen LogP contribution in [-0.4, -0.2) is 71.1 Å². The van der Waals surface area contributed by atoms with Crippen LogP contribution in [0.25, 0.3) is 0 Å². The fourth-order valence-electron chi connectivity index (χ4n) is 6.19. The Morgan fingerprint density at radius 2 is 1.42 bits per heavy atom. The Hall–Kier alpha value is -3.07. The summed E-state index contributed by atoms with van der Waals surface area (Å²) in [7, 11) is 0. The average molecular weight is 602 g/mol. The third kappa shape index (κ3) is 8.52. The Morgan fingerprint density at radius 1 is 0.837 bits per heavy atom. The number of carbonyl (C=O) groups excluding carboxylic acids is 2. The number of likely N-dealkylation sites (tertiary alicyclic amines) is 1. The number of nitrogens with zero attached hydrogens (tertiary/aromatic N) is 3. The number of halogens is 3. The summed E-state index contributed by atoms with van der Waals surface area (Å²) in [6.07, 6.45) is -2.74. The third-order valence-electron chi connectivity index (χ3n) is 8.50. The molecule has 0 radical (unpaired) electrons. The standard InChI is InChI=1S/C34H46F3N3O3/c1-32(2,3)28-23-39(30(25-10-8-7-9-11-25)26-12-14-27(15-13-26)34(35,36)37)20-21-40(28)29(41)22-24-16-18-38(19-17-24)31(42)43-33(4,5)6/h7-15,24,28,30H,16-23H2,1-6H3/t28-,30?/m1/s1. The van der Waals surface area contributed by atoms with Crippen LogP contribution in [0.15, 0.2) is 54.6 Å². The van der Waals surface area contributed by atoms with Crippen molar-refractivity contribution in [3.8, 4) is 0 Å². The smallest absolute Gasteiger partial charge is 0.416 e. The molecule has 2 atom stereocenters. The Morgan fingerprint density at radius 3 is 1.95 bits per heavy atom. The van der Waals surface area contributed by atoms with Crippen molar-refractivity contribution in [2.24, 2.45) is 11.3 Å². The number of piperidine rings is 1. The van der Waals surface area contributed by atoms with Crippen molar-refractivity contribution in [1.82, 2.24) is 14.7 Å². The quantitative estimate of drug-likeness (QED) is 0.359. The van der Waals surface area contributed by atoms with E-state index in [1.807, 2.05) is 56.0 Å². The van der Waals surface area contributed by atoms with E-state index in [1.165, 1.54) is 0 Å². The molecule has 2 amide bonds. The van der Waals surface area contributed by atoms with Gasteiger partial charge >= 0.3 is 12.3 Å². The second-order valence-corrected chi connectivity index (χ2v) is 14.0. The summed E-state index contributed by atoms with van der Waals surface area (Å²) in [4.78, 5) is 32.3.